The number of ether oxygens (including phenoxy) is 5. The normalized spacial score (nSPS) is 27.1. The third-order valence-corrected chi connectivity index (χ3v) is 12.5. The van der Waals surface area contributed by atoms with Crippen molar-refractivity contribution in [3.05, 3.63) is 136 Å². The van der Waals surface area contributed by atoms with Gasteiger partial charge in [0.1, 0.15) is 29.0 Å². The second kappa shape index (κ2) is 19.8. The zero-order valence-corrected chi connectivity index (χ0v) is 38.6. The van der Waals surface area contributed by atoms with Crippen LogP contribution in [-0.2, 0) is 23.8 Å². The lowest BCUT2D eigenvalue weighted by atomic mass is 9.78. The summed E-state index contributed by atoms with van der Waals surface area (Å²) in [4.78, 5) is 85.3. The summed E-state index contributed by atoms with van der Waals surface area (Å²) in [7, 11) is 1.42. The number of amides is 1. The molecule has 4 N–H and O–H groups in total. The van der Waals surface area contributed by atoms with Crippen LogP contribution in [0.3, 0.4) is 0 Å². The minimum atomic E-state index is -2.17. The Morgan fingerprint density at radius 2 is 1.48 bits per heavy atom. The molecule has 0 saturated heterocycles. The number of carbonyl (C=O) groups excluding carboxylic acids is 6. The highest BCUT2D eigenvalue weighted by Gasteiger charge is 2.53. The number of benzene rings is 3. The van der Waals surface area contributed by atoms with Gasteiger partial charge in [0.25, 0.3) is 11.7 Å². The summed E-state index contributed by atoms with van der Waals surface area (Å²) < 4.78 is 29.9. The van der Waals surface area contributed by atoms with E-state index in [0.717, 1.165) is 11.8 Å². The molecule has 3 aromatic rings. The maximum absolute atomic E-state index is 15.2. The van der Waals surface area contributed by atoms with Crippen molar-refractivity contribution in [3.8, 4) is 11.5 Å². The quantitative estimate of drug-likeness (QED) is 0.147. The molecule has 4 aliphatic rings. The summed E-state index contributed by atoms with van der Waals surface area (Å²) in [5, 5.41) is 28.6. The van der Waals surface area contributed by atoms with E-state index in [1.807, 2.05) is 6.92 Å². The Morgan fingerprint density at radius 1 is 0.818 bits per heavy atom. The third kappa shape index (κ3) is 9.64. The van der Waals surface area contributed by atoms with E-state index in [9.17, 15) is 29.4 Å². The predicted octanol–water partition coefficient (Wildman–Crippen LogP) is 6.89. The molecule has 7 rings (SSSR count). The van der Waals surface area contributed by atoms with Crippen LogP contribution in [0.5, 0.6) is 11.5 Å². The van der Waals surface area contributed by atoms with Crippen molar-refractivity contribution < 1.29 is 62.7 Å². The number of Topliss-reactive ketones (excluding diaryl/α,β-unsaturated/α-hetero) is 3. The molecule has 1 aliphatic carbocycles. The molecule has 9 unspecified atom stereocenters. The molecule has 3 aliphatic heterocycles. The van der Waals surface area contributed by atoms with E-state index >= 15 is 9.59 Å². The van der Waals surface area contributed by atoms with Crippen LogP contribution in [-0.4, -0.2) is 82.7 Å². The van der Waals surface area contributed by atoms with Crippen molar-refractivity contribution in [3.63, 3.8) is 0 Å². The van der Waals surface area contributed by atoms with Gasteiger partial charge in [0.2, 0.25) is 11.6 Å². The Labute approximate surface area is 383 Å². The van der Waals surface area contributed by atoms with E-state index in [4.69, 9.17) is 23.7 Å². The van der Waals surface area contributed by atoms with Crippen molar-refractivity contribution in [1.82, 2.24) is 5.32 Å². The molecular weight excluding hydrogens is 849 g/mol. The molecule has 15 heteroatoms. The fraction of sp³-hybridized carbons (Fsp3) is 0.373. The van der Waals surface area contributed by atoms with Gasteiger partial charge in [0.05, 0.1) is 46.8 Å². The minimum Gasteiger partial charge on any atom is -0.462 e. The number of aryl methyl sites for hydroxylation is 1. The number of aliphatic hydroxyl groups is 2. The summed E-state index contributed by atoms with van der Waals surface area (Å²) in [5.74, 6) is -10.4. The molecular formula is C51H56N2O13. The van der Waals surface area contributed by atoms with Crippen LogP contribution < -0.4 is 20.1 Å². The van der Waals surface area contributed by atoms with Gasteiger partial charge in [0, 0.05) is 61.5 Å². The summed E-state index contributed by atoms with van der Waals surface area (Å²) >= 11 is 0. The highest BCUT2D eigenvalue weighted by atomic mass is 16.7. The fourth-order valence-electron chi connectivity index (χ4n) is 8.43. The molecule has 0 fully saturated rings. The SMILES string of the molecule is COC1C=COC2(C)Oc3c(C)c(OC(=O)c4ccccc4)c4c(c3C2=O)C(=O)C(Nc2ccc(C)cc2)=C(NC(=O)C(C)=CC=CC(C)C(O)C(C)C(O)C(C)C(OC(C)=O)C1C)C4=O. The van der Waals surface area contributed by atoms with E-state index in [-0.39, 0.29) is 39.5 Å². The lowest BCUT2D eigenvalue weighted by molar-refractivity contribution is -0.160. The van der Waals surface area contributed by atoms with Crippen molar-refractivity contribution in [2.24, 2.45) is 23.7 Å². The number of anilines is 1. The van der Waals surface area contributed by atoms with Crippen molar-refractivity contribution in [2.45, 2.75) is 92.5 Å². The van der Waals surface area contributed by atoms with Gasteiger partial charge in [-0.1, -0.05) is 81.8 Å². The number of hydrogen-bond donors (Lipinski definition) is 4. The molecule has 9 atom stereocenters. The molecule has 5 bridgehead atoms. The third-order valence-electron chi connectivity index (χ3n) is 12.5. The lowest BCUT2D eigenvalue weighted by Crippen LogP contribution is -2.46. The van der Waals surface area contributed by atoms with E-state index in [2.05, 4.69) is 10.6 Å². The Bertz CT molecular complexity index is 2560. The number of hydrogen-bond acceptors (Lipinski definition) is 14. The van der Waals surface area contributed by atoms with Crippen LogP contribution in [0.4, 0.5) is 5.69 Å². The number of esters is 2. The maximum atomic E-state index is 15.2. The summed E-state index contributed by atoms with van der Waals surface area (Å²) in [6.45, 7) is 14.2. The second-order valence-electron chi connectivity index (χ2n) is 17.3. The zero-order chi connectivity index (χ0) is 48.4. The van der Waals surface area contributed by atoms with E-state index < -0.39 is 106 Å². The van der Waals surface area contributed by atoms with E-state index in [1.165, 1.54) is 59.1 Å². The average molecular weight is 905 g/mol. The number of allylic oxidation sites excluding steroid dienone is 4. The Hall–Kier alpha value is -6.68. The zero-order valence-electron chi connectivity index (χ0n) is 38.6. The summed E-state index contributed by atoms with van der Waals surface area (Å²) in [6, 6.07) is 14.8. The second-order valence-corrected chi connectivity index (χ2v) is 17.3. The first-order chi connectivity index (χ1) is 31.2. The van der Waals surface area contributed by atoms with Gasteiger partial charge in [-0.05, 0) is 51.1 Å². The smallest absolute Gasteiger partial charge is 0.343 e. The monoisotopic (exact) mass is 904 g/mol. The standard InChI is InChI=1S/C51H56N2O13/c1-25-19-21-34(22-20-25)52-39-40-44(58)37-36(43(39)57)38-47(31(7)46(37)65-50(61)33-17-12-11-13-18-33)66-51(9,48(38)59)63-24-23-35(62-10)28(4)45(64-32(8)54)30(6)42(56)29(5)41(55)26(2)15-14-16-27(3)49(60)53-40/h11-24,26,28-30,35,41-42,45,52,55-56H,1-10H3,(H,53,60). The molecule has 3 heterocycles. The molecule has 348 valence electrons. The molecule has 0 radical (unpaired) electrons. The Kier molecular flexibility index (Phi) is 14.6. The number of fused-ring (bicyclic) bond motifs is 14. The maximum Gasteiger partial charge on any atom is 0.343 e. The number of carbonyl (C=O) groups is 6. The van der Waals surface area contributed by atoms with Crippen LogP contribution in [0.15, 0.2) is 102 Å². The van der Waals surface area contributed by atoms with Gasteiger partial charge < -0.3 is 44.5 Å². The fourth-order valence-corrected chi connectivity index (χ4v) is 8.43. The van der Waals surface area contributed by atoms with Gasteiger partial charge in [-0.3, -0.25) is 24.0 Å². The Morgan fingerprint density at radius 3 is 2.12 bits per heavy atom. The van der Waals surface area contributed by atoms with Gasteiger partial charge >= 0.3 is 17.7 Å². The highest BCUT2D eigenvalue weighted by molar-refractivity contribution is 6.33. The average Bonchev–Trinajstić information content (AvgIpc) is 3.56. The van der Waals surface area contributed by atoms with Crippen molar-refractivity contribution in [2.75, 3.05) is 12.4 Å². The number of rotatable bonds is 6. The number of ketones is 3. The first-order valence-electron chi connectivity index (χ1n) is 21.7. The summed E-state index contributed by atoms with van der Waals surface area (Å²) in [6.07, 6.45) is 3.22. The molecule has 0 aromatic heterocycles. The van der Waals surface area contributed by atoms with Gasteiger partial charge in [0.15, 0.2) is 0 Å². The van der Waals surface area contributed by atoms with Gasteiger partial charge in [-0.2, -0.15) is 0 Å². The largest absolute Gasteiger partial charge is 0.462 e. The van der Waals surface area contributed by atoms with Crippen LogP contribution in [0.2, 0.25) is 0 Å². The number of aliphatic hydroxyl groups excluding tert-OH is 2. The first-order valence-corrected chi connectivity index (χ1v) is 21.7. The van der Waals surface area contributed by atoms with E-state index in [1.54, 1.807) is 82.3 Å². The molecule has 1 amide bonds. The van der Waals surface area contributed by atoms with Crippen LogP contribution in [0, 0.1) is 37.5 Å². The van der Waals surface area contributed by atoms with Crippen LogP contribution in [0.1, 0.15) is 101 Å². The topological polar surface area (TPSA) is 213 Å². The van der Waals surface area contributed by atoms with Crippen molar-refractivity contribution in [1.29, 1.82) is 0 Å². The molecule has 15 nitrogen and oxygen atoms in total. The van der Waals surface area contributed by atoms with Crippen LogP contribution in [0.25, 0.3) is 0 Å². The van der Waals surface area contributed by atoms with Crippen molar-refractivity contribution >= 4 is 40.9 Å². The summed E-state index contributed by atoms with van der Waals surface area (Å²) in [5.41, 5.74) is -0.606. The van der Waals surface area contributed by atoms with E-state index in [0.29, 0.717) is 5.69 Å². The van der Waals surface area contributed by atoms with Crippen LogP contribution >= 0.6 is 0 Å². The van der Waals surface area contributed by atoms with Gasteiger partial charge in [-0.25, -0.2) is 4.79 Å². The van der Waals surface area contributed by atoms with Gasteiger partial charge in [-0.15, -0.1) is 0 Å². The molecule has 66 heavy (non-hydrogen) atoms. The first kappa shape index (κ1) is 48.8. The minimum absolute atomic E-state index is 0.0110. The lowest BCUT2D eigenvalue weighted by Gasteiger charge is -2.38. The highest BCUT2D eigenvalue weighted by Crippen LogP contribution is 2.49. The Balaban J connectivity index is 1.56. The number of nitrogens with one attached hydrogen (secondary N) is 2. The number of methoxy groups -OCH3 is 1. The molecule has 0 saturated carbocycles. The molecule has 3 aromatic carbocycles. The molecule has 0 spiro atoms. The predicted molar refractivity (Wildman–Crippen MR) is 243 cm³/mol.